The number of amides is 1. The number of hydrogen-bond acceptors (Lipinski definition) is 3. The average Bonchev–Trinajstić information content (AvgIpc) is 2.67. The second-order valence-electron chi connectivity index (χ2n) is 6.93. The lowest BCUT2D eigenvalue weighted by Gasteiger charge is -2.30. The van der Waals surface area contributed by atoms with Crippen LogP contribution in [0.5, 0.6) is 0 Å². The predicted molar refractivity (Wildman–Crippen MR) is 120 cm³/mol. The summed E-state index contributed by atoms with van der Waals surface area (Å²) in [6.07, 6.45) is 1.39. The van der Waals surface area contributed by atoms with Crippen LogP contribution in [0.4, 0.5) is 11.4 Å². The fourth-order valence-electron chi connectivity index (χ4n) is 3.33. The first-order valence-corrected chi connectivity index (χ1v) is 11.5. The van der Waals surface area contributed by atoms with Gasteiger partial charge in [0, 0.05) is 16.1 Å². The molecular weight excluding hydrogens is 408 g/mol. The smallest absolute Gasteiger partial charge is 0.248 e. The maximum absolute atomic E-state index is 13.2. The summed E-state index contributed by atoms with van der Waals surface area (Å²) in [4.78, 5) is 13.2. The lowest BCUT2D eigenvalue weighted by Crippen LogP contribution is -2.47. The van der Waals surface area contributed by atoms with Crippen LogP contribution in [0.15, 0.2) is 60.7 Å². The van der Waals surface area contributed by atoms with Crippen molar-refractivity contribution in [3.63, 3.8) is 0 Å². The minimum Gasteiger partial charge on any atom is -0.324 e. The van der Waals surface area contributed by atoms with Crippen LogP contribution in [0.25, 0.3) is 10.8 Å². The molecular formula is C22H23ClN2O3S. The summed E-state index contributed by atoms with van der Waals surface area (Å²) in [6.45, 7) is 3.61. The summed E-state index contributed by atoms with van der Waals surface area (Å²) in [5.74, 6) is -0.397. The molecule has 0 aliphatic rings. The van der Waals surface area contributed by atoms with Crippen molar-refractivity contribution >= 4 is 49.7 Å². The largest absolute Gasteiger partial charge is 0.324 e. The highest BCUT2D eigenvalue weighted by atomic mass is 35.5. The standard InChI is InChI=1S/C22H23ClN2O3S/c1-4-21(25(29(3,27)28)17-13-12-15(2)19(23)14-17)22(26)24-20-11-7-9-16-8-5-6-10-18(16)20/h5-14,21H,4H2,1-3H3,(H,24,26). The fourth-order valence-corrected chi connectivity index (χ4v) is 4.71. The van der Waals surface area contributed by atoms with E-state index in [1.165, 1.54) is 0 Å². The number of halogens is 1. The molecule has 0 radical (unpaired) electrons. The van der Waals surface area contributed by atoms with Crippen molar-refractivity contribution in [1.82, 2.24) is 0 Å². The molecule has 0 heterocycles. The summed E-state index contributed by atoms with van der Waals surface area (Å²) < 4.78 is 26.3. The lowest BCUT2D eigenvalue weighted by atomic mass is 10.1. The maximum atomic E-state index is 13.2. The van der Waals surface area contributed by atoms with Gasteiger partial charge in [0.2, 0.25) is 15.9 Å². The third-order valence-electron chi connectivity index (χ3n) is 4.79. The van der Waals surface area contributed by atoms with Crippen molar-refractivity contribution in [1.29, 1.82) is 0 Å². The number of nitrogens with zero attached hydrogens (tertiary/aromatic N) is 1. The molecule has 152 valence electrons. The van der Waals surface area contributed by atoms with Crippen molar-refractivity contribution in [3.8, 4) is 0 Å². The molecule has 1 atom stereocenters. The molecule has 0 fully saturated rings. The predicted octanol–water partition coefficient (Wildman–Crippen LogP) is 4.98. The number of rotatable bonds is 6. The second-order valence-corrected chi connectivity index (χ2v) is 9.20. The van der Waals surface area contributed by atoms with Gasteiger partial charge >= 0.3 is 0 Å². The van der Waals surface area contributed by atoms with Gasteiger partial charge in [-0.2, -0.15) is 0 Å². The topological polar surface area (TPSA) is 66.5 Å². The summed E-state index contributed by atoms with van der Waals surface area (Å²) >= 11 is 6.21. The van der Waals surface area contributed by atoms with Crippen LogP contribution in [0.1, 0.15) is 18.9 Å². The van der Waals surface area contributed by atoms with E-state index in [9.17, 15) is 13.2 Å². The summed E-state index contributed by atoms with van der Waals surface area (Å²) in [7, 11) is -3.72. The SMILES string of the molecule is CCC(C(=O)Nc1cccc2ccccc12)N(c1ccc(C)c(Cl)c1)S(C)(=O)=O. The van der Waals surface area contributed by atoms with Crippen LogP contribution in [0, 0.1) is 6.92 Å². The highest BCUT2D eigenvalue weighted by Crippen LogP contribution is 2.29. The zero-order valence-corrected chi connectivity index (χ0v) is 18.1. The molecule has 1 N–H and O–H groups in total. The number of benzene rings is 3. The van der Waals surface area contributed by atoms with Gasteiger partial charge in [-0.1, -0.05) is 61.0 Å². The normalized spacial score (nSPS) is 12.6. The zero-order chi connectivity index (χ0) is 21.2. The van der Waals surface area contributed by atoms with E-state index < -0.39 is 22.0 Å². The molecule has 3 rings (SSSR count). The van der Waals surface area contributed by atoms with Crippen molar-refractivity contribution in [2.45, 2.75) is 26.3 Å². The van der Waals surface area contributed by atoms with Gasteiger partial charge in [-0.25, -0.2) is 8.42 Å². The second kappa shape index (κ2) is 8.43. The third kappa shape index (κ3) is 4.54. The summed E-state index contributed by atoms with van der Waals surface area (Å²) in [5, 5.41) is 5.23. The molecule has 0 aliphatic heterocycles. The Hall–Kier alpha value is -2.57. The molecule has 1 amide bonds. The van der Waals surface area contributed by atoms with Gasteiger partial charge in [0.05, 0.1) is 11.9 Å². The van der Waals surface area contributed by atoms with Crippen LogP contribution in [-0.4, -0.2) is 26.6 Å². The van der Waals surface area contributed by atoms with Crippen LogP contribution >= 0.6 is 11.6 Å². The quantitative estimate of drug-likeness (QED) is 0.599. The minimum absolute atomic E-state index is 0.301. The van der Waals surface area contributed by atoms with Gasteiger partial charge in [0.15, 0.2) is 0 Å². The molecule has 3 aromatic rings. The highest BCUT2D eigenvalue weighted by Gasteiger charge is 2.32. The number of anilines is 2. The molecule has 5 nitrogen and oxygen atoms in total. The molecule has 0 bridgehead atoms. The Morgan fingerprint density at radius 1 is 1.10 bits per heavy atom. The number of nitrogens with one attached hydrogen (secondary N) is 1. The van der Waals surface area contributed by atoms with Crippen LogP contribution in [0.3, 0.4) is 0 Å². The Kier molecular flexibility index (Phi) is 6.15. The maximum Gasteiger partial charge on any atom is 0.248 e. The van der Waals surface area contributed by atoms with Crippen LogP contribution in [0.2, 0.25) is 5.02 Å². The molecule has 1 unspecified atom stereocenters. The molecule has 0 aromatic heterocycles. The number of hydrogen-bond donors (Lipinski definition) is 1. The number of carbonyl (C=O) groups is 1. The number of aryl methyl sites for hydroxylation is 1. The van der Waals surface area contributed by atoms with E-state index in [1.807, 2.05) is 43.3 Å². The Morgan fingerprint density at radius 2 is 1.79 bits per heavy atom. The molecule has 0 saturated carbocycles. The monoisotopic (exact) mass is 430 g/mol. The average molecular weight is 431 g/mol. The van der Waals surface area contributed by atoms with Crippen molar-refractivity contribution < 1.29 is 13.2 Å². The highest BCUT2D eigenvalue weighted by molar-refractivity contribution is 7.92. The van der Waals surface area contributed by atoms with E-state index in [0.717, 1.165) is 26.9 Å². The van der Waals surface area contributed by atoms with Crippen LogP contribution < -0.4 is 9.62 Å². The first-order valence-electron chi connectivity index (χ1n) is 9.26. The molecule has 29 heavy (non-hydrogen) atoms. The Bertz CT molecular complexity index is 1160. The van der Waals surface area contributed by atoms with Gasteiger partial charge < -0.3 is 5.32 Å². The van der Waals surface area contributed by atoms with Crippen molar-refractivity contribution in [2.75, 3.05) is 15.9 Å². The Labute approximate surface area is 176 Å². The van der Waals surface area contributed by atoms with Gasteiger partial charge in [0.25, 0.3) is 0 Å². The van der Waals surface area contributed by atoms with E-state index >= 15 is 0 Å². The Balaban J connectivity index is 2.00. The zero-order valence-electron chi connectivity index (χ0n) is 16.5. The van der Waals surface area contributed by atoms with E-state index in [0.29, 0.717) is 22.8 Å². The van der Waals surface area contributed by atoms with E-state index in [2.05, 4.69) is 5.32 Å². The van der Waals surface area contributed by atoms with Crippen molar-refractivity contribution in [2.24, 2.45) is 0 Å². The van der Waals surface area contributed by atoms with Crippen molar-refractivity contribution in [3.05, 3.63) is 71.2 Å². The molecule has 7 heteroatoms. The van der Waals surface area contributed by atoms with Gasteiger partial charge in [-0.3, -0.25) is 9.10 Å². The molecule has 0 saturated heterocycles. The van der Waals surface area contributed by atoms with E-state index in [-0.39, 0.29) is 0 Å². The van der Waals surface area contributed by atoms with E-state index in [1.54, 1.807) is 31.2 Å². The molecule has 0 aliphatic carbocycles. The first-order chi connectivity index (χ1) is 13.7. The number of fused-ring (bicyclic) bond motifs is 1. The van der Waals surface area contributed by atoms with E-state index in [4.69, 9.17) is 11.6 Å². The van der Waals surface area contributed by atoms with Crippen LogP contribution in [-0.2, 0) is 14.8 Å². The number of carbonyl (C=O) groups excluding carboxylic acids is 1. The van der Waals surface area contributed by atoms with Gasteiger partial charge in [-0.05, 0) is 42.5 Å². The summed E-state index contributed by atoms with van der Waals surface area (Å²) in [6, 6.07) is 17.4. The van der Waals surface area contributed by atoms with Gasteiger partial charge in [-0.15, -0.1) is 0 Å². The number of sulfonamides is 1. The summed E-state index contributed by atoms with van der Waals surface area (Å²) in [5.41, 5.74) is 1.84. The lowest BCUT2D eigenvalue weighted by molar-refractivity contribution is -0.117. The van der Waals surface area contributed by atoms with Gasteiger partial charge in [0.1, 0.15) is 6.04 Å². The first kappa shape index (κ1) is 21.1. The minimum atomic E-state index is -3.72. The molecule has 0 spiro atoms. The fraction of sp³-hybridized carbons (Fsp3) is 0.227. The Morgan fingerprint density at radius 3 is 2.45 bits per heavy atom. The molecule has 3 aromatic carbocycles. The third-order valence-corrected chi connectivity index (χ3v) is 6.37.